The van der Waals surface area contributed by atoms with Gasteiger partial charge in [-0.1, -0.05) is 24.3 Å². The van der Waals surface area contributed by atoms with Crippen molar-refractivity contribution in [1.82, 2.24) is 9.88 Å². The lowest BCUT2D eigenvalue weighted by atomic mass is 10.1. The molecule has 0 spiro atoms. The number of amides is 2. The van der Waals surface area contributed by atoms with Gasteiger partial charge in [-0.3, -0.25) is 4.90 Å². The van der Waals surface area contributed by atoms with E-state index in [4.69, 9.17) is 4.74 Å². The average Bonchev–Trinajstić information content (AvgIpc) is 2.78. The summed E-state index contributed by atoms with van der Waals surface area (Å²) in [5.41, 5.74) is 5.32. The number of piperazine rings is 1. The van der Waals surface area contributed by atoms with E-state index in [1.165, 1.54) is 16.8 Å². The number of anilines is 2. The predicted octanol–water partition coefficient (Wildman–Crippen LogP) is 5.02. The van der Waals surface area contributed by atoms with Crippen LogP contribution < -0.4 is 14.5 Å². The highest BCUT2D eigenvalue weighted by Gasteiger charge is 2.30. The highest BCUT2D eigenvalue weighted by atomic mass is 16.5. The second kappa shape index (κ2) is 9.07. The van der Waals surface area contributed by atoms with Crippen LogP contribution in [0.3, 0.4) is 0 Å². The summed E-state index contributed by atoms with van der Waals surface area (Å²) < 4.78 is 5.59. The van der Waals surface area contributed by atoms with E-state index in [2.05, 4.69) is 41.9 Å². The number of carbonyl (C=O) groups is 1. The lowest BCUT2D eigenvalue weighted by molar-refractivity contribution is 0.199. The summed E-state index contributed by atoms with van der Waals surface area (Å²) in [6.07, 6.45) is 0. The number of urea groups is 1. The molecule has 4 rings (SSSR count). The van der Waals surface area contributed by atoms with E-state index in [1.807, 2.05) is 54.0 Å². The second-order valence-electron chi connectivity index (χ2n) is 8.78. The van der Waals surface area contributed by atoms with Crippen LogP contribution in [0.25, 0.3) is 10.9 Å². The third kappa shape index (κ3) is 4.35. The Morgan fingerprint density at radius 3 is 2.28 bits per heavy atom. The van der Waals surface area contributed by atoms with Gasteiger partial charge in [0.2, 0.25) is 5.88 Å². The topological polar surface area (TPSA) is 48.9 Å². The first-order valence-electron chi connectivity index (χ1n) is 11.2. The third-order valence-corrected chi connectivity index (χ3v) is 5.97. The van der Waals surface area contributed by atoms with Crippen LogP contribution in [0.1, 0.15) is 25.0 Å². The fraction of sp³-hybridized carbons (Fsp3) is 0.385. The van der Waals surface area contributed by atoms with Crippen molar-refractivity contribution >= 4 is 28.3 Å². The number of fused-ring (bicyclic) bond motifs is 1. The lowest BCUT2D eigenvalue weighted by Crippen LogP contribution is -2.54. The Kier molecular flexibility index (Phi) is 6.21. The van der Waals surface area contributed by atoms with Crippen molar-refractivity contribution in [3.05, 3.63) is 59.7 Å². The normalized spacial score (nSPS) is 14.2. The molecule has 1 aliphatic heterocycles. The number of pyridine rings is 1. The Morgan fingerprint density at radius 1 is 1.00 bits per heavy atom. The Balaban J connectivity index is 1.57. The summed E-state index contributed by atoms with van der Waals surface area (Å²) in [5.74, 6) is 0.472. The third-order valence-electron chi connectivity index (χ3n) is 5.97. The van der Waals surface area contributed by atoms with E-state index >= 15 is 0 Å². The SMILES string of the molecule is COc1nc2ccccc2cc1N(C(=O)N1CCN(c2cc(C)cc(C)c2)CC1)C(C)C. The molecule has 1 saturated heterocycles. The predicted molar refractivity (Wildman–Crippen MR) is 131 cm³/mol. The maximum Gasteiger partial charge on any atom is 0.325 e. The first-order chi connectivity index (χ1) is 15.4. The molecule has 168 valence electrons. The van der Waals surface area contributed by atoms with Crippen LogP contribution in [0, 0.1) is 13.8 Å². The van der Waals surface area contributed by atoms with E-state index in [1.54, 1.807) is 7.11 Å². The molecule has 1 fully saturated rings. The number of aromatic nitrogens is 1. The molecule has 6 heteroatoms. The van der Waals surface area contributed by atoms with Crippen LogP contribution in [-0.4, -0.2) is 55.2 Å². The number of benzene rings is 2. The first-order valence-corrected chi connectivity index (χ1v) is 11.2. The van der Waals surface area contributed by atoms with Gasteiger partial charge < -0.3 is 14.5 Å². The molecule has 0 N–H and O–H groups in total. The Morgan fingerprint density at radius 2 is 1.66 bits per heavy atom. The van der Waals surface area contributed by atoms with Gasteiger partial charge in [0.05, 0.1) is 12.6 Å². The number of nitrogens with zero attached hydrogens (tertiary/aromatic N) is 4. The maximum atomic E-state index is 13.6. The van der Waals surface area contributed by atoms with Gasteiger partial charge >= 0.3 is 6.03 Å². The molecular weight excluding hydrogens is 400 g/mol. The van der Waals surface area contributed by atoms with Crippen molar-refractivity contribution in [2.24, 2.45) is 0 Å². The number of aryl methyl sites for hydroxylation is 2. The Hall–Kier alpha value is -3.28. The lowest BCUT2D eigenvalue weighted by Gasteiger charge is -2.40. The van der Waals surface area contributed by atoms with Gasteiger partial charge in [-0.2, -0.15) is 0 Å². The molecule has 0 radical (unpaired) electrons. The fourth-order valence-corrected chi connectivity index (χ4v) is 4.45. The van der Waals surface area contributed by atoms with Crippen LogP contribution in [0.15, 0.2) is 48.5 Å². The summed E-state index contributed by atoms with van der Waals surface area (Å²) in [5, 5.41) is 0.987. The minimum absolute atomic E-state index is 0.00421. The van der Waals surface area contributed by atoms with Gasteiger partial charge in [0.25, 0.3) is 0 Å². The highest BCUT2D eigenvalue weighted by Crippen LogP contribution is 2.32. The number of rotatable bonds is 4. The quantitative estimate of drug-likeness (QED) is 0.581. The van der Waals surface area contributed by atoms with Gasteiger partial charge in [-0.15, -0.1) is 0 Å². The molecule has 0 aliphatic carbocycles. The molecule has 3 aromatic rings. The highest BCUT2D eigenvalue weighted by molar-refractivity contribution is 5.96. The van der Waals surface area contributed by atoms with Crippen molar-refractivity contribution in [3.63, 3.8) is 0 Å². The monoisotopic (exact) mass is 432 g/mol. The summed E-state index contributed by atoms with van der Waals surface area (Å²) >= 11 is 0. The van der Waals surface area contributed by atoms with Crippen LogP contribution in [0.4, 0.5) is 16.2 Å². The molecule has 2 amide bonds. The molecule has 2 heterocycles. The zero-order valence-electron chi connectivity index (χ0n) is 19.6. The van der Waals surface area contributed by atoms with Crippen molar-refractivity contribution < 1.29 is 9.53 Å². The molecule has 0 bridgehead atoms. The molecule has 1 aliphatic rings. The van der Waals surface area contributed by atoms with E-state index in [0.717, 1.165) is 24.0 Å². The Labute approximate surface area is 190 Å². The molecule has 6 nitrogen and oxygen atoms in total. The minimum Gasteiger partial charge on any atom is -0.479 e. The molecule has 32 heavy (non-hydrogen) atoms. The summed E-state index contributed by atoms with van der Waals surface area (Å²) in [7, 11) is 1.60. The fourth-order valence-electron chi connectivity index (χ4n) is 4.45. The van der Waals surface area contributed by atoms with Crippen molar-refractivity contribution in [2.45, 2.75) is 33.7 Å². The van der Waals surface area contributed by atoms with Crippen molar-refractivity contribution in [1.29, 1.82) is 0 Å². The largest absolute Gasteiger partial charge is 0.479 e. The number of hydrogen-bond acceptors (Lipinski definition) is 4. The number of para-hydroxylation sites is 1. The molecule has 1 aromatic heterocycles. The van der Waals surface area contributed by atoms with Gasteiger partial charge in [0.1, 0.15) is 5.69 Å². The van der Waals surface area contributed by atoms with E-state index in [9.17, 15) is 4.79 Å². The summed E-state index contributed by atoms with van der Waals surface area (Å²) in [4.78, 5) is 24.4. The van der Waals surface area contributed by atoms with E-state index in [-0.39, 0.29) is 12.1 Å². The molecule has 0 unspecified atom stereocenters. The smallest absolute Gasteiger partial charge is 0.325 e. The van der Waals surface area contributed by atoms with Gasteiger partial charge in [-0.25, -0.2) is 9.78 Å². The Bertz CT molecular complexity index is 1100. The number of methoxy groups -OCH3 is 1. The molecule has 0 saturated carbocycles. The maximum absolute atomic E-state index is 13.6. The summed E-state index contributed by atoms with van der Waals surface area (Å²) in [6.45, 7) is 11.3. The van der Waals surface area contributed by atoms with E-state index < -0.39 is 0 Å². The second-order valence-corrected chi connectivity index (χ2v) is 8.78. The van der Waals surface area contributed by atoms with E-state index in [0.29, 0.717) is 24.7 Å². The number of ether oxygens (including phenoxy) is 1. The van der Waals surface area contributed by atoms with Crippen LogP contribution in [0.2, 0.25) is 0 Å². The molecular formula is C26H32N4O2. The van der Waals surface area contributed by atoms with Gasteiger partial charge in [-0.05, 0) is 63.1 Å². The van der Waals surface area contributed by atoms with Crippen LogP contribution in [-0.2, 0) is 0 Å². The van der Waals surface area contributed by atoms with Crippen LogP contribution >= 0.6 is 0 Å². The zero-order valence-corrected chi connectivity index (χ0v) is 19.6. The average molecular weight is 433 g/mol. The summed E-state index contributed by atoms with van der Waals surface area (Å²) in [6, 6.07) is 16.5. The number of carbonyl (C=O) groups excluding carboxylic acids is 1. The number of hydrogen-bond donors (Lipinski definition) is 0. The molecule has 2 aromatic carbocycles. The molecule has 0 atom stereocenters. The minimum atomic E-state index is -0.0307. The first kappa shape index (κ1) is 21.9. The van der Waals surface area contributed by atoms with Crippen molar-refractivity contribution in [2.75, 3.05) is 43.1 Å². The van der Waals surface area contributed by atoms with Gasteiger partial charge in [0, 0.05) is 43.3 Å². The standard InChI is InChI=1S/C26H32N4O2/c1-18(2)30(24-17-21-8-6-7-9-23(21)27-25(24)32-5)26(31)29-12-10-28(11-13-29)22-15-19(3)14-20(4)16-22/h6-9,14-18H,10-13H2,1-5H3. The van der Waals surface area contributed by atoms with Crippen LogP contribution in [0.5, 0.6) is 5.88 Å². The van der Waals surface area contributed by atoms with Crippen molar-refractivity contribution in [3.8, 4) is 5.88 Å². The zero-order chi connectivity index (χ0) is 22.8. The van der Waals surface area contributed by atoms with Gasteiger partial charge in [0.15, 0.2) is 0 Å².